The lowest BCUT2D eigenvalue weighted by Crippen LogP contribution is -2.36. The van der Waals surface area contributed by atoms with Crippen LogP contribution in [0.2, 0.25) is 0 Å². The van der Waals surface area contributed by atoms with Gasteiger partial charge in [-0.25, -0.2) is 13.8 Å². The molecule has 0 saturated carbocycles. The Morgan fingerprint density at radius 2 is 2.03 bits per heavy atom. The molecule has 1 atom stereocenters. The molecule has 1 fully saturated rings. The zero-order valence-corrected chi connectivity index (χ0v) is 18.1. The number of hydrogen-bond acceptors (Lipinski definition) is 4. The largest absolute Gasteiger partial charge is 0.353 e. The van der Waals surface area contributed by atoms with Crippen molar-refractivity contribution >= 4 is 16.8 Å². The molecule has 1 aliphatic heterocycles. The molecular weight excluding hydrogens is 424 g/mol. The molecule has 1 amide bonds. The molecule has 3 heterocycles. The molecule has 0 aliphatic carbocycles. The maximum atomic E-state index is 14.3. The molecule has 4 aromatic rings. The van der Waals surface area contributed by atoms with E-state index in [9.17, 15) is 13.6 Å². The summed E-state index contributed by atoms with van der Waals surface area (Å²) in [6.07, 6.45) is 4.44. The molecule has 2 aromatic carbocycles. The predicted octanol–water partition coefficient (Wildman–Crippen LogP) is 3.93. The first-order chi connectivity index (χ1) is 15.9. The number of likely N-dealkylation sites (tertiary alicyclic amines) is 1. The fourth-order valence-corrected chi connectivity index (χ4v) is 4.27. The minimum Gasteiger partial charge on any atom is -0.353 e. The zero-order chi connectivity index (χ0) is 22.9. The summed E-state index contributed by atoms with van der Waals surface area (Å²) in [6, 6.07) is 10.8. The standard InChI is InChI=1S/C25H23F2N5O/c1-32-5-4-20(14-32)30-25(33)17-6-15(7-19(27)9-17)8-21-12-28-13-24(29-21)23-10-16-2-3-18(26)11-22(16)31-23/h2-3,6-7,9-13,20,31H,4-5,8,14H2,1H3,(H,30,33). The van der Waals surface area contributed by atoms with Gasteiger partial charge in [0.2, 0.25) is 0 Å². The molecule has 8 heteroatoms. The first-order valence-electron chi connectivity index (χ1n) is 10.8. The number of aromatic amines is 1. The first kappa shape index (κ1) is 21.2. The number of fused-ring (bicyclic) bond motifs is 1. The van der Waals surface area contributed by atoms with Gasteiger partial charge in [0.1, 0.15) is 17.3 Å². The summed E-state index contributed by atoms with van der Waals surface area (Å²) in [4.78, 5) is 26.9. The van der Waals surface area contributed by atoms with E-state index in [1.165, 1.54) is 24.3 Å². The molecule has 1 saturated heterocycles. The van der Waals surface area contributed by atoms with Crippen LogP contribution in [0.3, 0.4) is 0 Å². The third-order valence-corrected chi connectivity index (χ3v) is 5.88. The monoisotopic (exact) mass is 447 g/mol. The Labute approximate surface area is 189 Å². The summed E-state index contributed by atoms with van der Waals surface area (Å²) in [5, 5.41) is 3.85. The number of likely N-dealkylation sites (N-methyl/N-ethyl adjacent to an activating group) is 1. The number of nitrogens with zero attached hydrogens (tertiary/aromatic N) is 3. The average molecular weight is 447 g/mol. The number of rotatable bonds is 5. The number of H-pyrrole nitrogens is 1. The van der Waals surface area contributed by atoms with E-state index in [2.05, 4.69) is 25.2 Å². The maximum absolute atomic E-state index is 14.3. The molecule has 33 heavy (non-hydrogen) atoms. The van der Waals surface area contributed by atoms with Gasteiger partial charge in [-0.05, 0) is 68.0 Å². The molecule has 0 bridgehead atoms. The molecule has 0 radical (unpaired) electrons. The Morgan fingerprint density at radius 3 is 2.85 bits per heavy atom. The van der Waals surface area contributed by atoms with Crippen LogP contribution in [0, 0.1) is 11.6 Å². The predicted molar refractivity (Wildman–Crippen MR) is 122 cm³/mol. The average Bonchev–Trinajstić information content (AvgIpc) is 3.39. The van der Waals surface area contributed by atoms with Crippen molar-refractivity contribution in [2.45, 2.75) is 18.9 Å². The highest BCUT2D eigenvalue weighted by Gasteiger charge is 2.22. The topological polar surface area (TPSA) is 73.9 Å². The number of halogens is 2. The summed E-state index contributed by atoms with van der Waals surface area (Å²) in [7, 11) is 2.01. The number of hydrogen-bond donors (Lipinski definition) is 2. The van der Waals surface area contributed by atoms with Crippen molar-refractivity contribution in [2.75, 3.05) is 20.1 Å². The number of amides is 1. The second-order valence-electron chi connectivity index (χ2n) is 8.56. The van der Waals surface area contributed by atoms with E-state index < -0.39 is 5.82 Å². The molecule has 0 spiro atoms. The number of carbonyl (C=O) groups excluding carboxylic acids is 1. The van der Waals surface area contributed by atoms with Gasteiger partial charge >= 0.3 is 0 Å². The summed E-state index contributed by atoms with van der Waals surface area (Å²) in [6.45, 7) is 1.72. The third kappa shape index (κ3) is 4.75. The third-order valence-electron chi connectivity index (χ3n) is 5.88. The Kier molecular flexibility index (Phi) is 5.60. The van der Waals surface area contributed by atoms with Gasteiger partial charge in [0, 0.05) is 41.7 Å². The molecule has 2 N–H and O–H groups in total. The van der Waals surface area contributed by atoms with E-state index in [-0.39, 0.29) is 17.8 Å². The van der Waals surface area contributed by atoms with Gasteiger partial charge in [-0.3, -0.25) is 9.78 Å². The maximum Gasteiger partial charge on any atom is 0.251 e. The summed E-state index contributed by atoms with van der Waals surface area (Å²) in [5.41, 5.74) is 3.54. The number of carbonyl (C=O) groups is 1. The van der Waals surface area contributed by atoms with Crippen LogP contribution in [0.4, 0.5) is 8.78 Å². The van der Waals surface area contributed by atoms with Gasteiger partial charge in [0.05, 0.1) is 17.6 Å². The Morgan fingerprint density at radius 1 is 1.15 bits per heavy atom. The lowest BCUT2D eigenvalue weighted by molar-refractivity contribution is 0.0938. The molecule has 2 aromatic heterocycles. The highest BCUT2D eigenvalue weighted by Crippen LogP contribution is 2.24. The quantitative estimate of drug-likeness (QED) is 0.486. The van der Waals surface area contributed by atoms with Crippen molar-refractivity contribution in [3.05, 3.63) is 83.3 Å². The van der Waals surface area contributed by atoms with Crippen LogP contribution in [-0.4, -0.2) is 51.9 Å². The van der Waals surface area contributed by atoms with E-state index in [0.29, 0.717) is 40.1 Å². The van der Waals surface area contributed by atoms with Crippen LogP contribution < -0.4 is 5.32 Å². The molecule has 1 unspecified atom stereocenters. The molecule has 5 rings (SSSR count). The summed E-state index contributed by atoms with van der Waals surface area (Å²) >= 11 is 0. The van der Waals surface area contributed by atoms with Crippen molar-refractivity contribution in [1.29, 1.82) is 0 Å². The minimum absolute atomic E-state index is 0.0709. The first-order valence-corrected chi connectivity index (χ1v) is 10.8. The number of nitrogens with one attached hydrogen (secondary N) is 2. The van der Waals surface area contributed by atoms with E-state index in [0.717, 1.165) is 24.9 Å². The highest BCUT2D eigenvalue weighted by atomic mass is 19.1. The van der Waals surface area contributed by atoms with Crippen molar-refractivity contribution in [3.63, 3.8) is 0 Å². The van der Waals surface area contributed by atoms with Crippen molar-refractivity contribution < 1.29 is 13.6 Å². The van der Waals surface area contributed by atoms with E-state index in [4.69, 9.17) is 0 Å². The molecule has 1 aliphatic rings. The smallest absolute Gasteiger partial charge is 0.251 e. The van der Waals surface area contributed by atoms with Gasteiger partial charge in [-0.1, -0.05) is 0 Å². The van der Waals surface area contributed by atoms with Crippen LogP contribution in [0.5, 0.6) is 0 Å². The fourth-order valence-electron chi connectivity index (χ4n) is 4.27. The van der Waals surface area contributed by atoms with Crippen LogP contribution >= 0.6 is 0 Å². The Hall–Kier alpha value is -3.65. The SMILES string of the molecule is CN1CCC(NC(=O)c2cc(F)cc(Cc3cncc(-c4cc5ccc(F)cc5[nH]4)n3)c2)C1. The van der Waals surface area contributed by atoms with Crippen LogP contribution in [-0.2, 0) is 6.42 Å². The van der Waals surface area contributed by atoms with Crippen molar-refractivity contribution in [1.82, 2.24) is 25.2 Å². The van der Waals surface area contributed by atoms with Gasteiger partial charge in [0.25, 0.3) is 5.91 Å². The highest BCUT2D eigenvalue weighted by molar-refractivity contribution is 5.94. The van der Waals surface area contributed by atoms with Crippen molar-refractivity contribution in [3.8, 4) is 11.4 Å². The number of benzene rings is 2. The van der Waals surface area contributed by atoms with Gasteiger partial charge in [0.15, 0.2) is 0 Å². The van der Waals surface area contributed by atoms with E-state index in [1.54, 1.807) is 24.5 Å². The minimum atomic E-state index is -0.469. The molecule has 6 nitrogen and oxygen atoms in total. The van der Waals surface area contributed by atoms with Gasteiger partial charge in [-0.15, -0.1) is 0 Å². The summed E-state index contributed by atoms with van der Waals surface area (Å²) in [5.74, 6) is -1.06. The molecular formula is C25H23F2N5O. The summed E-state index contributed by atoms with van der Waals surface area (Å²) < 4.78 is 27.8. The van der Waals surface area contributed by atoms with Gasteiger partial charge in [-0.2, -0.15) is 0 Å². The normalized spacial score (nSPS) is 16.4. The molecule has 168 valence electrons. The second-order valence-corrected chi connectivity index (χ2v) is 8.56. The van der Waals surface area contributed by atoms with E-state index in [1.807, 2.05) is 13.1 Å². The Bertz CT molecular complexity index is 1340. The fraction of sp³-hybridized carbons (Fsp3) is 0.240. The van der Waals surface area contributed by atoms with Crippen molar-refractivity contribution in [2.24, 2.45) is 0 Å². The zero-order valence-electron chi connectivity index (χ0n) is 18.1. The van der Waals surface area contributed by atoms with Crippen LogP contribution in [0.15, 0.2) is 54.9 Å². The lowest BCUT2D eigenvalue weighted by Gasteiger charge is -2.13. The number of aromatic nitrogens is 3. The van der Waals surface area contributed by atoms with Crippen LogP contribution in [0.25, 0.3) is 22.3 Å². The lowest BCUT2D eigenvalue weighted by atomic mass is 10.0. The van der Waals surface area contributed by atoms with E-state index >= 15 is 0 Å². The van der Waals surface area contributed by atoms with Gasteiger partial charge < -0.3 is 15.2 Å². The van der Waals surface area contributed by atoms with Crippen LogP contribution in [0.1, 0.15) is 28.0 Å². The Balaban J connectivity index is 1.36. The second kappa shape index (κ2) is 8.71.